The molecule has 0 unspecified atom stereocenters. The average molecular weight is 222 g/mol. The van der Waals surface area contributed by atoms with Crippen LogP contribution in [0.3, 0.4) is 0 Å². The zero-order valence-electron chi connectivity index (χ0n) is 10.3. The van der Waals surface area contributed by atoms with Crippen LogP contribution in [0.5, 0.6) is 0 Å². The van der Waals surface area contributed by atoms with Crippen LogP contribution >= 0.6 is 0 Å². The third kappa shape index (κ3) is 2.28. The Morgan fingerprint density at radius 2 is 2.25 bits per heavy atom. The van der Waals surface area contributed by atoms with Crippen LogP contribution in [0.4, 0.5) is 0 Å². The fraction of sp³-hybridized carbons (Fsp3) is 0.750. The van der Waals surface area contributed by atoms with Crippen molar-refractivity contribution in [1.82, 2.24) is 14.7 Å². The van der Waals surface area contributed by atoms with Gasteiger partial charge in [0.25, 0.3) is 0 Å². The highest BCUT2D eigenvalue weighted by Crippen LogP contribution is 2.24. The quantitative estimate of drug-likeness (QED) is 0.809. The van der Waals surface area contributed by atoms with Crippen molar-refractivity contribution >= 4 is 0 Å². The summed E-state index contributed by atoms with van der Waals surface area (Å²) >= 11 is 0. The van der Waals surface area contributed by atoms with Gasteiger partial charge in [0.15, 0.2) is 0 Å². The third-order valence-corrected chi connectivity index (χ3v) is 3.36. The molecule has 0 amide bonds. The molecule has 1 fully saturated rings. The van der Waals surface area contributed by atoms with Crippen molar-refractivity contribution < 1.29 is 0 Å². The molecular weight excluding hydrogens is 200 g/mol. The highest BCUT2D eigenvalue weighted by atomic mass is 15.4. The van der Waals surface area contributed by atoms with Gasteiger partial charge in [-0.25, -0.2) is 0 Å². The van der Waals surface area contributed by atoms with E-state index in [0.29, 0.717) is 12.1 Å². The first-order chi connectivity index (χ1) is 7.72. The molecule has 0 radical (unpaired) electrons. The van der Waals surface area contributed by atoms with Crippen molar-refractivity contribution in [2.75, 3.05) is 19.6 Å². The largest absolute Gasteiger partial charge is 0.330 e. The number of aryl methyl sites for hydroxylation is 1. The summed E-state index contributed by atoms with van der Waals surface area (Å²) in [4.78, 5) is 2.47. The smallest absolute Gasteiger partial charge is 0.0776 e. The summed E-state index contributed by atoms with van der Waals surface area (Å²) in [6.07, 6.45) is 4.00. The molecule has 0 aliphatic carbocycles. The van der Waals surface area contributed by atoms with Gasteiger partial charge in [-0.05, 0) is 39.3 Å². The number of likely N-dealkylation sites (tertiary alicyclic amines) is 1. The Bertz CT molecular complexity index is 326. The van der Waals surface area contributed by atoms with E-state index in [1.165, 1.54) is 5.69 Å². The van der Waals surface area contributed by atoms with E-state index in [1.54, 1.807) is 0 Å². The lowest BCUT2D eigenvalue weighted by molar-refractivity contribution is 0.0658. The van der Waals surface area contributed by atoms with Gasteiger partial charge in [-0.1, -0.05) is 0 Å². The van der Waals surface area contributed by atoms with Crippen LogP contribution in [0.25, 0.3) is 0 Å². The molecule has 1 aliphatic rings. The van der Waals surface area contributed by atoms with Gasteiger partial charge in [0, 0.05) is 31.0 Å². The van der Waals surface area contributed by atoms with E-state index in [-0.39, 0.29) is 0 Å². The summed E-state index contributed by atoms with van der Waals surface area (Å²) < 4.78 is 2.19. The molecule has 1 aromatic heterocycles. The summed E-state index contributed by atoms with van der Waals surface area (Å²) in [5.41, 5.74) is 6.87. The van der Waals surface area contributed by atoms with Crippen molar-refractivity contribution in [1.29, 1.82) is 0 Å². The van der Waals surface area contributed by atoms with Gasteiger partial charge < -0.3 is 5.73 Å². The lowest BCUT2D eigenvalue weighted by Gasteiger charge is -2.42. The Morgan fingerprint density at radius 3 is 2.88 bits per heavy atom. The first kappa shape index (κ1) is 11.6. The number of hydrogen-bond donors (Lipinski definition) is 1. The van der Waals surface area contributed by atoms with Gasteiger partial charge in [-0.2, -0.15) is 5.10 Å². The van der Waals surface area contributed by atoms with Gasteiger partial charge in [0.2, 0.25) is 0 Å². The molecular formula is C12H22N4. The Morgan fingerprint density at radius 1 is 1.50 bits per heavy atom. The van der Waals surface area contributed by atoms with Crippen LogP contribution in [0, 0.1) is 0 Å². The van der Waals surface area contributed by atoms with E-state index in [4.69, 9.17) is 5.73 Å². The lowest BCUT2D eigenvalue weighted by Crippen LogP contribution is -2.51. The summed E-state index contributed by atoms with van der Waals surface area (Å²) in [5.74, 6) is 0. The Kier molecular flexibility index (Phi) is 3.61. The highest BCUT2D eigenvalue weighted by molar-refractivity contribution is 5.04. The van der Waals surface area contributed by atoms with Gasteiger partial charge in [-0.3, -0.25) is 9.58 Å². The fourth-order valence-corrected chi connectivity index (χ4v) is 2.22. The number of hydrogen-bond acceptors (Lipinski definition) is 3. The Balaban J connectivity index is 1.93. The number of aromatic nitrogens is 2. The normalized spacial score (nSPS) is 18.0. The zero-order valence-corrected chi connectivity index (χ0v) is 10.3. The molecule has 2 rings (SSSR count). The minimum absolute atomic E-state index is 0.574. The van der Waals surface area contributed by atoms with Crippen LogP contribution in [-0.2, 0) is 6.42 Å². The molecule has 2 heterocycles. The monoisotopic (exact) mass is 222 g/mol. The minimum atomic E-state index is 0.574. The van der Waals surface area contributed by atoms with Crippen molar-refractivity contribution in [2.45, 2.75) is 38.8 Å². The van der Waals surface area contributed by atoms with Crippen molar-refractivity contribution in [2.24, 2.45) is 5.73 Å². The Labute approximate surface area is 97.4 Å². The first-order valence-electron chi connectivity index (χ1n) is 6.19. The highest BCUT2D eigenvalue weighted by Gasteiger charge is 2.31. The van der Waals surface area contributed by atoms with E-state index in [2.05, 4.69) is 34.6 Å². The molecule has 1 aromatic rings. The summed E-state index contributed by atoms with van der Waals surface area (Å²) in [6, 6.07) is 3.35. The second kappa shape index (κ2) is 4.97. The zero-order chi connectivity index (χ0) is 11.5. The molecule has 0 spiro atoms. The van der Waals surface area contributed by atoms with Gasteiger partial charge in [0.1, 0.15) is 0 Å². The van der Waals surface area contributed by atoms with E-state index < -0.39 is 0 Å². The van der Waals surface area contributed by atoms with E-state index >= 15 is 0 Å². The summed E-state index contributed by atoms with van der Waals surface area (Å²) in [7, 11) is 0. The number of nitrogens with two attached hydrogens (primary N) is 1. The van der Waals surface area contributed by atoms with Crippen LogP contribution in [0.1, 0.15) is 32.0 Å². The third-order valence-electron chi connectivity index (χ3n) is 3.36. The number of rotatable bonds is 5. The molecule has 90 valence electrons. The lowest BCUT2D eigenvalue weighted by atomic mass is 10.1. The van der Waals surface area contributed by atoms with Crippen LogP contribution in [-0.4, -0.2) is 40.4 Å². The van der Waals surface area contributed by atoms with E-state index in [9.17, 15) is 0 Å². The molecule has 1 saturated heterocycles. The maximum atomic E-state index is 5.54. The Hall–Kier alpha value is -0.870. The van der Waals surface area contributed by atoms with E-state index in [0.717, 1.165) is 32.5 Å². The van der Waals surface area contributed by atoms with Crippen molar-refractivity contribution in [3.05, 3.63) is 18.0 Å². The van der Waals surface area contributed by atoms with E-state index in [1.807, 2.05) is 6.20 Å². The summed E-state index contributed by atoms with van der Waals surface area (Å²) in [6.45, 7) is 7.52. The predicted octanol–water partition coefficient (Wildman–Crippen LogP) is 1.04. The second-order valence-electron chi connectivity index (χ2n) is 4.86. The van der Waals surface area contributed by atoms with Gasteiger partial charge in [0.05, 0.1) is 6.04 Å². The maximum Gasteiger partial charge on any atom is 0.0776 e. The molecule has 1 aliphatic heterocycles. The first-order valence-corrected chi connectivity index (χ1v) is 6.19. The summed E-state index contributed by atoms with van der Waals surface area (Å²) in [5, 5.41) is 4.43. The fourth-order valence-electron chi connectivity index (χ4n) is 2.22. The molecule has 0 bridgehead atoms. The standard InChI is InChI=1S/C12H22N4/c1-10(2)15-8-12(9-15)16-11(4-3-6-13)5-7-14-16/h5,7,10,12H,3-4,6,8-9,13H2,1-2H3. The molecule has 4 heteroatoms. The SMILES string of the molecule is CC(C)N1CC(n2nccc2CCCN)C1. The van der Waals surface area contributed by atoms with Gasteiger partial charge >= 0.3 is 0 Å². The molecule has 4 nitrogen and oxygen atoms in total. The minimum Gasteiger partial charge on any atom is -0.330 e. The van der Waals surface area contributed by atoms with Gasteiger partial charge in [-0.15, -0.1) is 0 Å². The van der Waals surface area contributed by atoms with Crippen molar-refractivity contribution in [3.8, 4) is 0 Å². The average Bonchev–Trinajstić information content (AvgIpc) is 2.60. The van der Waals surface area contributed by atoms with Crippen LogP contribution in [0.2, 0.25) is 0 Å². The van der Waals surface area contributed by atoms with Crippen LogP contribution in [0.15, 0.2) is 12.3 Å². The molecule has 0 aromatic carbocycles. The second-order valence-corrected chi connectivity index (χ2v) is 4.86. The van der Waals surface area contributed by atoms with Crippen LogP contribution < -0.4 is 5.73 Å². The topological polar surface area (TPSA) is 47.1 Å². The van der Waals surface area contributed by atoms with Crippen molar-refractivity contribution in [3.63, 3.8) is 0 Å². The predicted molar refractivity (Wildman–Crippen MR) is 65.3 cm³/mol. The molecule has 2 N–H and O–H groups in total. The number of nitrogens with zero attached hydrogens (tertiary/aromatic N) is 3. The maximum absolute atomic E-state index is 5.54. The molecule has 16 heavy (non-hydrogen) atoms. The molecule has 0 saturated carbocycles. The molecule has 0 atom stereocenters.